The molecule has 0 spiro atoms. The summed E-state index contributed by atoms with van der Waals surface area (Å²) in [4.78, 5) is 13.1. The minimum atomic E-state index is -0.281. The van der Waals surface area contributed by atoms with E-state index in [1.165, 1.54) is 18.4 Å². The number of hydrogen-bond donors (Lipinski definition) is 1. The molecule has 3 nitrogen and oxygen atoms in total. The summed E-state index contributed by atoms with van der Waals surface area (Å²) in [6.45, 7) is 2.19. The molecule has 13 heavy (non-hydrogen) atoms. The summed E-state index contributed by atoms with van der Waals surface area (Å²) in [6, 6.07) is 0. The molecule has 0 radical (unpaired) electrons. The average Bonchev–Trinajstić information content (AvgIpc) is 2.32. The van der Waals surface area contributed by atoms with Gasteiger partial charge in [0.2, 0.25) is 5.91 Å². The van der Waals surface area contributed by atoms with Crippen LogP contribution in [0.2, 0.25) is 0 Å². The van der Waals surface area contributed by atoms with Gasteiger partial charge in [0.15, 0.2) is 0 Å². The minimum Gasteiger partial charge on any atom is -0.366 e. The van der Waals surface area contributed by atoms with Crippen LogP contribution in [0, 0.1) is 11.8 Å². The fourth-order valence-electron chi connectivity index (χ4n) is 2.69. The Morgan fingerprint density at radius 2 is 2.00 bits per heavy atom. The van der Waals surface area contributed by atoms with Crippen LogP contribution in [0.5, 0.6) is 0 Å². The van der Waals surface area contributed by atoms with Crippen molar-refractivity contribution in [3.05, 3.63) is 11.6 Å². The third kappa shape index (κ3) is 1.61. The number of rotatable bonds is 1. The van der Waals surface area contributed by atoms with Crippen molar-refractivity contribution in [1.82, 2.24) is 4.90 Å². The van der Waals surface area contributed by atoms with Crippen LogP contribution in [0.15, 0.2) is 11.6 Å². The van der Waals surface area contributed by atoms with Crippen LogP contribution >= 0.6 is 0 Å². The molecular weight excluding hydrogens is 164 g/mol. The molecule has 0 aromatic rings. The van der Waals surface area contributed by atoms with Gasteiger partial charge in [-0.1, -0.05) is 5.57 Å². The fourth-order valence-corrected chi connectivity index (χ4v) is 2.69. The van der Waals surface area contributed by atoms with Gasteiger partial charge < -0.3 is 10.6 Å². The van der Waals surface area contributed by atoms with Gasteiger partial charge in [-0.3, -0.25) is 4.79 Å². The van der Waals surface area contributed by atoms with Gasteiger partial charge in [-0.2, -0.15) is 0 Å². The smallest absolute Gasteiger partial charge is 0.241 e. The number of amides is 1. The minimum absolute atomic E-state index is 0.281. The molecule has 2 bridgehead atoms. The van der Waals surface area contributed by atoms with Crippen molar-refractivity contribution < 1.29 is 4.79 Å². The van der Waals surface area contributed by atoms with Gasteiger partial charge >= 0.3 is 0 Å². The van der Waals surface area contributed by atoms with Crippen molar-refractivity contribution >= 4 is 5.91 Å². The predicted molar refractivity (Wildman–Crippen MR) is 51.0 cm³/mol. The van der Waals surface area contributed by atoms with E-state index in [2.05, 4.69) is 11.9 Å². The average molecular weight is 180 g/mol. The summed E-state index contributed by atoms with van der Waals surface area (Å²) in [7, 11) is 2.15. The van der Waals surface area contributed by atoms with E-state index < -0.39 is 0 Å². The van der Waals surface area contributed by atoms with Crippen LogP contribution in [0.4, 0.5) is 0 Å². The zero-order chi connectivity index (χ0) is 9.42. The number of likely N-dealkylation sites (tertiary alicyclic amines) is 1. The second-order valence-electron chi connectivity index (χ2n) is 4.24. The van der Waals surface area contributed by atoms with E-state index in [-0.39, 0.29) is 5.91 Å². The van der Waals surface area contributed by atoms with E-state index in [4.69, 9.17) is 5.73 Å². The molecule has 1 heterocycles. The molecule has 2 atom stereocenters. The Morgan fingerprint density at radius 3 is 2.46 bits per heavy atom. The lowest BCUT2D eigenvalue weighted by molar-refractivity contribution is -0.113. The maximum atomic E-state index is 10.8. The number of nitrogens with zero attached hydrogens (tertiary/aromatic N) is 1. The first-order valence-electron chi connectivity index (χ1n) is 4.86. The Kier molecular flexibility index (Phi) is 2.12. The number of carbonyl (C=O) groups is 1. The van der Waals surface area contributed by atoms with Crippen LogP contribution in [0.25, 0.3) is 0 Å². The van der Waals surface area contributed by atoms with Crippen molar-refractivity contribution in [3.63, 3.8) is 0 Å². The highest BCUT2D eigenvalue weighted by atomic mass is 16.1. The second-order valence-corrected chi connectivity index (χ2v) is 4.24. The van der Waals surface area contributed by atoms with Crippen molar-refractivity contribution in [3.8, 4) is 0 Å². The van der Waals surface area contributed by atoms with Crippen molar-refractivity contribution in [2.75, 3.05) is 20.1 Å². The summed E-state index contributed by atoms with van der Waals surface area (Å²) in [6.07, 6.45) is 4.12. The molecule has 2 fully saturated rings. The van der Waals surface area contributed by atoms with Gasteiger partial charge in [0.1, 0.15) is 0 Å². The molecule has 0 aromatic heterocycles. The lowest BCUT2D eigenvalue weighted by Gasteiger charge is -2.30. The zero-order valence-corrected chi connectivity index (χ0v) is 7.99. The molecule has 1 saturated carbocycles. The van der Waals surface area contributed by atoms with E-state index in [0.717, 1.165) is 13.1 Å². The van der Waals surface area contributed by atoms with Crippen molar-refractivity contribution in [1.29, 1.82) is 0 Å². The fraction of sp³-hybridized carbons (Fsp3) is 0.700. The summed E-state index contributed by atoms with van der Waals surface area (Å²) in [5.74, 6) is 0.906. The number of nitrogens with two attached hydrogens (primary N) is 1. The molecule has 2 unspecified atom stereocenters. The molecule has 1 aliphatic carbocycles. The highest BCUT2D eigenvalue weighted by molar-refractivity contribution is 5.86. The lowest BCUT2D eigenvalue weighted by Crippen LogP contribution is -2.35. The molecule has 1 amide bonds. The van der Waals surface area contributed by atoms with Gasteiger partial charge in [0, 0.05) is 19.2 Å². The van der Waals surface area contributed by atoms with Crippen molar-refractivity contribution in [2.24, 2.45) is 17.6 Å². The quantitative estimate of drug-likeness (QED) is 0.593. The van der Waals surface area contributed by atoms with Gasteiger partial charge in [0.05, 0.1) is 0 Å². The molecule has 3 heteroatoms. The third-order valence-corrected chi connectivity index (χ3v) is 3.18. The molecule has 0 aromatic carbocycles. The van der Waals surface area contributed by atoms with Crippen LogP contribution < -0.4 is 5.73 Å². The molecular formula is C10H16N2O. The Morgan fingerprint density at radius 1 is 1.46 bits per heavy atom. The lowest BCUT2D eigenvalue weighted by atomic mass is 9.91. The molecule has 1 saturated heterocycles. The maximum Gasteiger partial charge on any atom is 0.241 e. The predicted octanol–water partition coefficient (Wildman–Crippen LogP) is 0.370. The summed E-state index contributed by atoms with van der Waals surface area (Å²) in [5, 5.41) is 0. The van der Waals surface area contributed by atoms with E-state index in [1.807, 2.05) is 0 Å². The standard InChI is InChI=1S/C10H16N2O/c1-12-5-7-2-3-8(6-12)9(7)4-10(11)13/h4,7-8H,2-3,5-6H2,1H3,(H2,11,13). The Hall–Kier alpha value is -0.830. The summed E-state index contributed by atoms with van der Waals surface area (Å²) >= 11 is 0. The number of carbonyl (C=O) groups excluding carboxylic acids is 1. The van der Waals surface area contributed by atoms with Gasteiger partial charge in [-0.05, 0) is 31.7 Å². The Balaban J connectivity index is 2.19. The first kappa shape index (κ1) is 8.75. The Bertz CT molecular complexity index is 244. The van der Waals surface area contributed by atoms with E-state index in [0.29, 0.717) is 11.8 Å². The maximum absolute atomic E-state index is 10.8. The number of hydrogen-bond acceptors (Lipinski definition) is 2. The topological polar surface area (TPSA) is 46.3 Å². The second kappa shape index (κ2) is 3.14. The molecule has 2 rings (SSSR count). The zero-order valence-electron chi connectivity index (χ0n) is 7.99. The van der Waals surface area contributed by atoms with Crippen LogP contribution in [0.3, 0.4) is 0 Å². The first-order chi connectivity index (χ1) is 6.16. The van der Waals surface area contributed by atoms with E-state index >= 15 is 0 Å². The van der Waals surface area contributed by atoms with Gasteiger partial charge in [-0.25, -0.2) is 0 Å². The molecule has 72 valence electrons. The van der Waals surface area contributed by atoms with Gasteiger partial charge in [-0.15, -0.1) is 0 Å². The number of piperidine rings is 1. The van der Waals surface area contributed by atoms with E-state index in [9.17, 15) is 4.79 Å². The number of primary amides is 1. The summed E-state index contributed by atoms with van der Waals surface area (Å²) < 4.78 is 0. The van der Waals surface area contributed by atoms with Crippen molar-refractivity contribution in [2.45, 2.75) is 12.8 Å². The normalized spacial score (nSPS) is 33.5. The van der Waals surface area contributed by atoms with E-state index in [1.54, 1.807) is 6.08 Å². The highest BCUT2D eigenvalue weighted by Crippen LogP contribution is 2.40. The Labute approximate surface area is 78.6 Å². The van der Waals surface area contributed by atoms with Crippen LogP contribution in [-0.4, -0.2) is 30.9 Å². The van der Waals surface area contributed by atoms with Gasteiger partial charge in [0.25, 0.3) is 0 Å². The van der Waals surface area contributed by atoms with Crippen LogP contribution in [-0.2, 0) is 4.79 Å². The third-order valence-electron chi connectivity index (χ3n) is 3.18. The highest BCUT2D eigenvalue weighted by Gasteiger charge is 2.36. The largest absolute Gasteiger partial charge is 0.366 e. The first-order valence-corrected chi connectivity index (χ1v) is 4.86. The molecule has 1 aliphatic heterocycles. The van der Waals surface area contributed by atoms with Crippen LogP contribution in [0.1, 0.15) is 12.8 Å². The monoisotopic (exact) mass is 180 g/mol. The number of fused-ring (bicyclic) bond motifs is 2. The SMILES string of the molecule is CN1CC2CCC(C1)C2=CC(N)=O. The summed E-state index contributed by atoms with van der Waals surface area (Å²) in [5.41, 5.74) is 6.49. The molecule has 2 aliphatic rings. The molecule has 2 N–H and O–H groups in total.